The number of carbonyl (C=O) groups is 1. The van der Waals surface area contributed by atoms with Crippen LogP contribution in [0.15, 0.2) is 24.4 Å². The first-order valence-electron chi connectivity index (χ1n) is 11.7. The lowest BCUT2D eigenvalue weighted by molar-refractivity contribution is -0.117. The summed E-state index contributed by atoms with van der Waals surface area (Å²) >= 11 is 0. The fraction of sp³-hybridized carbons (Fsp3) is 0.522. The van der Waals surface area contributed by atoms with Crippen molar-refractivity contribution in [2.45, 2.75) is 50.4 Å². The average Bonchev–Trinajstić information content (AvgIpc) is 3.57. The molecule has 2 fully saturated rings. The van der Waals surface area contributed by atoms with Gasteiger partial charge in [-0.25, -0.2) is 12.8 Å². The Bertz CT molecular complexity index is 1280. The second-order valence-corrected chi connectivity index (χ2v) is 11.4. The van der Waals surface area contributed by atoms with Gasteiger partial charge in [0.2, 0.25) is 15.9 Å². The van der Waals surface area contributed by atoms with Gasteiger partial charge in [-0.1, -0.05) is 6.07 Å². The van der Waals surface area contributed by atoms with E-state index >= 15 is 0 Å². The number of sulfonamides is 1. The van der Waals surface area contributed by atoms with Gasteiger partial charge < -0.3 is 16.2 Å². The van der Waals surface area contributed by atoms with E-state index in [0.29, 0.717) is 38.0 Å². The molecule has 4 rings (SSSR count). The molecule has 0 radical (unpaired) electrons. The van der Waals surface area contributed by atoms with Crippen molar-refractivity contribution < 1.29 is 22.7 Å². The lowest BCUT2D eigenvalue weighted by atomic mass is 9.84. The maximum atomic E-state index is 14.0. The molecule has 1 saturated heterocycles. The Morgan fingerprint density at radius 3 is 2.67 bits per heavy atom. The SMILES string of the molecule is CS(=O)(=O)Nc1cc(CN2CCC(CC#N)(n3cc(C(N)O)c(NC(=O)C4CC4)n3)CC2)ccc1F. The van der Waals surface area contributed by atoms with Crippen LogP contribution in [0.4, 0.5) is 15.9 Å². The number of hydrogen-bond donors (Lipinski definition) is 4. The molecule has 2 aliphatic rings. The van der Waals surface area contributed by atoms with Crippen LogP contribution in [0.2, 0.25) is 0 Å². The second kappa shape index (κ2) is 10.1. The maximum Gasteiger partial charge on any atom is 0.229 e. The molecule has 0 bridgehead atoms. The molecule has 1 aromatic heterocycles. The number of anilines is 2. The van der Waals surface area contributed by atoms with E-state index in [9.17, 15) is 28.0 Å². The fourth-order valence-electron chi connectivity index (χ4n) is 4.48. The van der Waals surface area contributed by atoms with Gasteiger partial charge in [0, 0.05) is 31.7 Å². The largest absolute Gasteiger partial charge is 0.374 e. The quantitative estimate of drug-likeness (QED) is 0.363. The van der Waals surface area contributed by atoms with Crippen LogP contribution in [0.1, 0.15) is 49.5 Å². The van der Waals surface area contributed by atoms with Crippen LogP contribution < -0.4 is 15.8 Å². The number of rotatable bonds is 9. The maximum absolute atomic E-state index is 14.0. The van der Waals surface area contributed by atoms with E-state index in [1.165, 1.54) is 12.1 Å². The highest BCUT2D eigenvalue weighted by atomic mass is 32.2. The average molecular weight is 520 g/mol. The number of piperidine rings is 1. The van der Waals surface area contributed by atoms with Gasteiger partial charge in [0.25, 0.3) is 0 Å². The van der Waals surface area contributed by atoms with Crippen LogP contribution in [0.3, 0.4) is 0 Å². The van der Waals surface area contributed by atoms with Gasteiger partial charge in [0.15, 0.2) is 5.82 Å². The van der Waals surface area contributed by atoms with E-state index < -0.39 is 27.6 Å². The third-order valence-electron chi connectivity index (χ3n) is 6.66. The van der Waals surface area contributed by atoms with Crippen molar-refractivity contribution in [1.29, 1.82) is 5.26 Å². The number of aromatic nitrogens is 2. The number of nitriles is 1. The van der Waals surface area contributed by atoms with Crippen molar-refractivity contribution >= 4 is 27.4 Å². The van der Waals surface area contributed by atoms with Crippen LogP contribution in [0.25, 0.3) is 0 Å². The number of likely N-dealkylation sites (tertiary alicyclic amines) is 1. The summed E-state index contributed by atoms with van der Waals surface area (Å²) in [5.41, 5.74) is 6.00. The van der Waals surface area contributed by atoms with Gasteiger partial charge >= 0.3 is 0 Å². The molecule has 11 nitrogen and oxygen atoms in total. The lowest BCUT2D eigenvalue weighted by Crippen LogP contribution is -2.46. The number of benzene rings is 1. The molecular formula is C23H30FN7O4S. The van der Waals surface area contributed by atoms with E-state index in [1.54, 1.807) is 16.9 Å². The zero-order valence-electron chi connectivity index (χ0n) is 19.9. The standard InChI is InChI=1S/C23H30FN7O4S/c1-36(34,35)29-19-12-15(2-5-18(19)24)13-30-10-7-23(6-9-25,8-11-30)31-14-17(20(26)32)21(28-31)27-22(33)16-3-4-16/h2,5,12,14,16,20,29,32H,3-4,6-8,10-11,13,26H2,1H3,(H,27,28,33). The van der Waals surface area contributed by atoms with Gasteiger partial charge in [-0.15, -0.1) is 0 Å². The first-order chi connectivity index (χ1) is 17.0. The molecule has 2 heterocycles. The number of aliphatic hydroxyl groups excluding tert-OH is 1. The number of amides is 1. The van der Waals surface area contributed by atoms with Crippen LogP contribution in [0, 0.1) is 23.1 Å². The molecule has 1 aliphatic heterocycles. The van der Waals surface area contributed by atoms with Crippen molar-refractivity contribution in [1.82, 2.24) is 14.7 Å². The fourth-order valence-corrected chi connectivity index (χ4v) is 5.03. The van der Waals surface area contributed by atoms with Crippen molar-refractivity contribution in [3.05, 3.63) is 41.3 Å². The van der Waals surface area contributed by atoms with Crippen LogP contribution in [0.5, 0.6) is 0 Å². The summed E-state index contributed by atoms with van der Waals surface area (Å²) in [6.07, 6.45) is 4.18. The smallest absolute Gasteiger partial charge is 0.229 e. The Balaban J connectivity index is 1.49. The first-order valence-corrected chi connectivity index (χ1v) is 13.6. The predicted molar refractivity (Wildman–Crippen MR) is 130 cm³/mol. The van der Waals surface area contributed by atoms with Crippen LogP contribution in [-0.4, -0.2) is 53.5 Å². The summed E-state index contributed by atoms with van der Waals surface area (Å²) in [5.74, 6) is -0.653. The number of nitrogens with two attached hydrogens (primary N) is 1. The number of nitrogens with one attached hydrogen (secondary N) is 2. The van der Waals surface area contributed by atoms with Crippen molar-refractivity contribution in [3.8, 4) is 6.07 Å². The van der Waals surface area contributed by atoms with Crippen molar-refractivity contribution in [2.24, 2.45) is 11.7 Å². The summed E-state index contributed by atoms with van der Waals surface area (Å²) in [4.78, 5) is 14.4. The molecule has 1 amide bonds. The molecule has 0 spiro atoms. The van der Waals surface area contributed by atoms with E-state index in [-0.39, 0.29) is 29.8 Å². The van der Waals surface area contributed by atoms with E-state index in [0.717, 1.165) is 24.7 Å². The topological polar surface area (TPSA) is 166 Å². The molecule has 1 atom stereocenters. The monoisotopic (exact) mass is 519 g/mol. The summed E-state index contributed by atoms with van der Waals surface area (Å²) < 4.78 is 40.9. The Morgan fingerprint density at radius 2 is 2.08 bits per heavy atom. The normalized spacial score (nSPS) is 18.9. The molecule has 5 N–H and O–H groups in total. The molecule has 1 unspecified atom stereocenters. The summed E-state index contributed by atoms with van der Waals surface area (Å²) in [6, 6.07) is 6.55. The Hall–Kier alpha value is -3.05. The second-order valence-electron chi connectivity index (χ2n) is 9.61. The minimum absolute atomic E-state index is 0.0474. The molecule has 1 aliphatic carbocycles. The predicted octanol–water partition coefficient (Wildman–Crippen LogP) is 1.60. The van der Waals surface area contributed by atoms with Crippen LogP contribution in [-0.2, 0) is 26.9 Å². The van der Waals surface area contributed by atoms with Gasteiger partial charge in [0.1, 0.15) is 12.0 Å². The number of hydrogen-bond acceptors (Lipinski definition) is 8. The minimum Gasteiger partial charge on any atom is -0.374 e. The number of aliphatic hydroxyl groups is 1. The highest BCUT2D eigenvalue weighted by molar-refractivity contribution is 7.92. The molecule has 1 saturated carbocycles. The zero-order valence-corrected chi connectivity index (χ0v) is 20.8. The Morgan fingerprint density at radius 1 is 1.39 bits per heavy atom. The summed E-state index contributed by atoms with van der Waals surface area (Å²) in [5, 5.41) is 26.9. The molecule has 1 aromatic carbocycles. The summed E-state index contributed by atoms with van der Waals surface area (Å²) in [6.45, 7) is 1.66. The van der Waals surface area contributed by atoms with Gasteiger partial charge in [-0.3, -0.25) is 19.1 Å². The highest BCUT2D eigenvalue weighted by Crippen LogP contribution is 2.36. The lowest BCUT2D eigenvalue weighted by Gasteiger charge is -2.40. The van der Waals surface area contributed by atoms with E-state index in [1.807, 2.05) is 0 Å². The van der Waals surface area contributed by atoms with Gasteiger partial charge in [-0.2, -0.15) is 10.4 Å². The van der Waals surface area contributed by atoms with E-state index in [2.05, 4.69) is 26.1 Å². The highest BCUT2D eigenvalue weighted by Gasteiger charge is 2.39. The molecular weight excluding hydrogens is 489 g/mol. The van der Waals surface area contributed by atoms with Gasteiger partial charge in [0.05, 0.1) is 35.5 Å². The number of halogens is 1. The van der Waals surface area contributed by atoms with Crippen molar-refractivity contribution in [2.75, 3.05) is 29.4 Å². The first kappa shape index (κ1) is 26.0. The molecule has 2 aromatic rings. The Kier molecular flexibility index (Phi) is 7.33. The molecule has 13 heteroatoms. The van der Waals surface area contributed by atoms with Crippen molar-refractivity contribution in [3.63, 3.8) is 0 Å². The third kappa shape index (κ3) is 6.01. The van der Waals surface area contributed by atoms with E-state index in [4.69, 9.17) is 5.73 Å². The molecule has 36 heavy (non-hydrogen) atoms. The third-order valence-corrected chi connectivity index (χ3v) is 7.25. The Labute approximate surface area is 209 Å². The van der Waals surface area contributed by atoms with Gasteiger partial charge in [-0.05, 0) is 43.4 Å². The van der Waals surface area contributed by atoms with Crippen LogP contribution >= 0.6 is 0 Å². The minimum atomic E-state index is -3.62. The number of nitrogens with zero attached hydrogens (tertiary/aromatic N) is 4. The number of carbonyl (C=O) groups excluding carboxylic acids is 1. The summed E-state index contributed by atoms with van der Waals surface area (Å²) in [7, 11) is -3.62. The zero-order chi connectivity index (χ0) is 26.1. The molecule has 194 valence electrons.